The lowest BCUT2D eigenvalue weighted by atomic mass is 10.1. The normalized spacial score (nSPS) is 12.1. The number of rotatable bonds is 8. The van der Waals surface area contributed by atoms with Gasteiger partial charge in [0, 0.05) is 10.0 Å². The second kappa shape index (κ2) is 11.9. The minimum absolute atomic E-state index is 0.0787. The van der Waals surface area contributed by atoms with Crippen LogP contribution in [0.2, 0.25) is 10.0 Å². The number of carboxylic acid groups (broad SMARTS) is 1. The van der Waals surface area contributed by atoms with Crippen LogP contribution in [0.4, 0.5) is 0 Å². The molecule has 2 amide bonds. The summed E-state index contributed by atoms with van der Waals surface area (Å²) in [4.78, 5) is 62.0. The standard InChI is InChI=1S/C23H16Cl2N2O9/c24-14-7-3-12(4-8-14)22(32)35-17(20(29)27-26-19(28)16-2-1-11-34-16)18(21(30)31)36-23(33)13-5-9-15(25)10-6-13/h1-11,17-18H,(H,26,28)(H,27,29)(H,30,31)/t17-,18-/m0/s1. The van der Waals surface area contributed by atoms with Gasteiger partial charge in [0.2, 0.25) is 12.2 Å². The van der Waals surface area contributed by atoms with Gasteiger partial charge in [-0.1, -0.05) is 23.2 Å². The Kier molecular flexibility index (Phi) is 8.66. The molecular weight excluding hydrogens is 519 g/mol. The van der Waals surface area contributed by atoms with Crippen LogP contribution in [0, 0.1) is 0 Å². The van der Waals surface area contributed by atoms with Crippen molar-refractivity contribution in [1.82, 2.24) is 10.9 Å². The van der Waals surface area contributed by atoms with E-state index in [0.717, 1.165) is 0 Å². The highest BCUT2D eigenvalue weighted by atomic mass is 35.5. The van der Waals surface area contributed by atoms with Gasteiger partial charge in [-0.05, 0) is 60.7 Å². The summed E-state index contributed by atoms with van der Waals surface area (Å²) in [7, 11) is 0. The van der Waals surface area contributed by atoms with Crippen LogP contribution in [-0.2, 0) is 19.1 Å². The second-order valence-corrected chi connectivity index (χ2v) is 7.80. The number of carboxylic acids is 1. The Morgan fingerprint density at radius 2 is 1.25 bits per heavy atom. The van der Waals surface area contributed by atoms with Crippen LogP contribution < -0.4 is 10.9 Å². The number of amides is 2. The number of benzene rings is 2. The molecule has 13 heteroatoms. The lowest BCUT2D eigenvalue weighted by Gasteiger charge is -2.23. The molecule has 0 spiro atoms. The van der Waals surface area contributed by atoms with Crippen molar-refractivity contribution in [3.63, 3.8) is 0 Å². The number of hydrogen-bond donors (Lipinski definition) is 3. The Hall–Kier alpha value is -4.35. The molecule has 1 heterocycles. The van der Waals surface area contributed by atoms with Gasteiger partial charge in [-0.2, -0.15) is 0 Å². The molecule has 0 radical (unpaired) electrons. The maximum absolute atomic E-state index is 12.8. The monoisotopic (exact) mass is 534 g/mol. The molecule has 3 rings (SSSR count). The highest BCUT2D eigenvalue weighted by Crippen LogP contribution is 2.16. The maximum atomic E-state index is 12.8. The molecule has 2 aromatic carbocycles. The third-order valence-electron chi connectivity index (χ3n) is 4.45. The van der Waals surface area contributed by atoms with E-state index in [9.17, 15) is 29.1 Å². The predicted molar refractivity (Wildman–Crippen MR) is 123 cm³/mol. The van der Waals surface area contributed by atoms with E-state index in [2.05, 4.69) is 0 Å². The first-order valence-electron chi connectivity index (χ1n) is 9.95. The summed E-state index contributed by atoms with van der Waals surface area (Å²) in [6.45, 7) is 0. The van der Waals surface area contributed by atoms with E-state index in [1.54, 1.807) is 0 Å². The highest BCUT2D eigenvalue weighted by molar-refractivity contribution is 6.31. The van der Waals surface area contributed by atoms with Gasteiger partial charge in [-0.15, -0.1) is 0 Å². The maximum Gasteiger partial charge on any atom is 0.349 e. The molecule has 11 nitrogen and oxygen atoms in total. The van der Waals surface area contributed by atoms with E-state index in [1.165, 1.54) is 66.9 Å². The number of carbonyl (C=O) groups is 5. The molecule has 3 N–H and O–H groups in total. The van der Waals surface area contributed by atoms with E-state index in [1.807, 2.05) is 10.9 Å². The Morgan fingerprint density at radius 1 is 0.750 bits per heavy atom. The zero-order valence-electron chi connectivity index (χ0n) is 18.0. The van der Waals surface area contributed by atoms with Crippen molar-refractivity contribution in [2.75, 3.05) is 0 Å². The molecule has 0 fully saturated rings. The van der Waals surface area contributed by atoms with Crippen molar-refractivity contribution in [3.8, 4) is 0 Å². The van der Waals surface area contributed by atoms with E-state index in [-0.39, 0.29) is 16.9 Å². The highest BCUT2D eigenvalue weighted by Gasteiger charge is 2.41. The van der Waals surface area contributed by atoms with Crippen molar-refractivity contribution in [2.24, 2.45) is 0 Å². The van der Waals surface area contributed by atoms with Gasteiger partial charge in [-0.3, -0.25) is 20.4 Å². The average molecular weight is 535 g/mol. The fourth-order valence-corrected chi connectivity index (χ4v) is 2.94. The van der Waals surface area contributed by atoms with Crippen LogP contribution in [0.1, 0.15) is 31.3 Å². The van der Waals surface area contributed by atoms with Gasteiger partial charge in [0.15, 0.2) is 5.76 Å². The van der Waals surface area contributed by atoms with Gasteiger partial charge >= 0.3 is 23.8 Å². The third-order valence-corrected chi connectivity index (χ3v) is 4.95. The number of nitrogens with one attached hydrogen (secondary N) is 2. The van der Waals surface area contributed by atoms with Crippen LogP contribution >= 0.6 is 23.2 Å². The van der Waals surface area contributed by atoms with E-state index < -0.39 is 41.9 Å². The molecule has 0 saturated carbocycles. The fourth-order valence-electron chi connectivity index (χ4n) is 2.69. The van der Waals surface area contributed by atoms with Gasteiger partial charge < -0.3 is 19.0 Å². The molecule has 1 aromatic heterocycles. The quantitative estimate of drug-likeness (QED) is 0.291. The molecule has 186 valence electrons. The Labute approximate surface area is 212 Å². The molecule has 0 aliphatic rings. The van der Waals surface area contributed by atoms with Crippen LogP contribution in [0.3, 0.4) is 0 Å². The summed E-state index contributed by atoms with van der Waals surface area (Å²) in [6.07, 6.45) is -3.31. The van der Waals surface area contributed by atoms with Gasteiger partial charge in [0.05, 0.1) is 17.4 Å². The average Bonchev–Trinajstić information content (AvgIpc) is 3.40. The lowest BCUT2D eigenvalue weighted by Crippen LogP contribution is -2.54. The number of hydrogen-bond acceptors (Lipinski definition) is 8. The first-order chi connectivity index (χ1) is 17.2. The molecule has 0 bridgehead atoms. The number of hydrazine groups is 1. The summed E-state index contributed by atoms with van der Waals surface area (Å²) in [5.74, 6) is -6.45. The smallest absolute Gasteiger partial charge is 0.349 e. The van der Waals surface area contributed by atoms with Gasteiger partial charge in [-0.25, -0.2) is 14.4 Å². The van der Waals surface area contributed by atoms with Crippen molar-refractivity contribution in [2.45, 2.75) is 12.2 Å². The van der Waals surface area contributed by atoms with Crippen molar-refractivity contribution >= 4 is 52.9 Å². The van der Waals surface area contributed by atoms with Crippen molar-refractivity contribution in [1.29, 1.82) is 0 Å². The number of furan rings is 1. The fraction of sp³-hybridized carbons (Fsp3) is 0.0870. The number of aliphatic carboxylic acids is 1. The zero-order valence-corrected chi connectivity index (χ0v) is 19.5. The van der Waals surface area contributed by atoms with Crippen molar-refractivity contribution in [3.05, 3.63) is 93.9 Å². The number of carbonyl (C=O) groups excluding carboxylic acids is 4. The zero-order chi connectivity index (χ0) is 26.2. The van der Waals surface area contributed by atoms with Crippen LogP contribution in [-0.4, -0.2) is 47.0 Å². The SMILES string of the molecule is O=C(O[C@H](C(=O)O)[C@H](OC(=O)c1ccc(Cl)cc1)C(=O)NNC(=O)c1ccco1)c1ccc(Cl)cc1. The minimum Gasteiger partial charge on any atom is -0.478 e. The van der Waals surface area contributed by atoms with E-state index in [0.29, 0.717) is 10.0 Å². The predicted octanol–water partition coefficient (Wildman–Crippen LogP) is 2.88. The summed E-state index contributed by atoms with van der Waals surface area (Å²) in [5.41, 5.74) is 3.74. The Balaban J connectivity index is 1.83. The molecule has 0 unspecified atom stereocenters. The molecule has 2 atom stereocenters. The number of ether oxygens (including phenoxy) is 2. The first kappa shape index (κ1) is 26.3. The molecular formula is C23H16Cl2N2O9. The summed E-state index contributed by atoms with van der Waals surface area (Å²) in [5, 5.41) is 10.3. The van der Waals surface area contributed by atoms with Gasteiger partial charge in [0.25, 0.3) is 5.91 Å². The minimum atomic E-state index is -2.30. The number of halogens is 2. The Bertz CT molecular complexity index is 1260. The second-order valence-electron chi connectivity index (χ2n) is 6.92. The third kappa shape index (κ3) is 6.84. The van der Waals surface area contributed by atoms with E-state index >= 15 is 0 Å². The summed E-state index contributed by atoms with van der Waals surface area (Å²) >= 11 is 11.6. The van der Waals surface area contributed by atoms with Crippen LogP contribution in [0.15, 0.2) is 71.3 Å². The molecule has 36 heavy (non-hydrogen) atoms. The topological polar surface area (TPSA) is 161 Å². The molecule has 0 aliphatic carbocycles. The molecule has 0 saturated heterocycles. The number of esters is 2. The molecule has 0 aliphatic heterocycles. The van der Waals surface area contributed by atoms with Crippen LogP contribution in [0.5, 0.6) is 0 Å². The van der Waals surface area contributed by atoms with E-state index in [4.69, 9.17) is 37.1 Å². The molecule has 3 aromatic rings. The Morgan fingerprint density at radius 3 is 1.69 bits per heavy atom. The summed E-state index contributed by atoms with van der Waals surface area (Å²) < 4.78 is 15.0. The lowest BCUT2D eigenvalue weighted by molar-refractivity contribution is -0.159. The first-order valence-corrected chi connectivity index (χ1v) is 10.7. The van der Waals surface area contributed by atoms with Gasteiger partial charge in [0.1, 0.15) is 0 Å². The van der Waals surface area contributed by atoms with Crippen molar-refractivity contribution < 1.29 is 43.0 Å². The largest absolute Gasteiger partial charge is 0.478 e. The van der Waals surface area contributed by atoms with Crippen LogP contribution in [0.25, 0.3) is 0 Å². The summed E-state index contributed by atoms with van der Waals surface area (Å²) in [6, 6.07) is 13.3.